The van der Waals surface area contributed by atoms with Gasteiger partial charge in [0.05, 0.1) is 19.2 Å². The number of nitrogens with zero attached hydrogens (tertiary/aromatic N) is 1. The summed E-state index contributed by atoms with van der Waals surface area (Å²) in [4.78, 5) is 4.76. The smallest absolute Gasteiger partial charge is 0.192 e. The molecule has 1 unspecified atom stereocenters. The highest BCUT2D eigenvalue weighted by atomic mass is 127. The van der Waals surface area contributed by atoms with Gasteiger partial charge in [0.15, 0.2) is 5.96 Å². The fourth-order valence-electron chi connectivity index (χ4n) is 2.58. The molecule has 0 saturated heterocycles. The van der Waals surface area contributed by atoms with E-state index in [0.29, 0.717) is 13.2 Å². The molecule has 2 aromatic carbocycles. The van der Waals surface area contributed by atoms with E-state index in [1.54, 1.807) is 0 Å². The Hall–Kier alpha value is -1.60. The van der Waals surface area contributed by atoms with Crippen LogP contribution >= 0.6 is 24.0 Å². The second-order valence-corrected chi connectivity index (χ2v) is 5.88. The first-order valence-electron chi connectivity index (χ1n) is 8.98. The van der Waals surface area contributed by atoms with Crippen molar-refractivity contribution in [2.45, 2.75) is 40.0 Å². The summed E-state index contributed by atoms with van der Waals surface area (Å²) in [5, 5.41) is 6.80. The zero-order valence-corrected chi connectivity index (χ0v) is 18.2. The van der Waals surface area contributed by atoms with Crippen molar-refractivity contribution in [2.75, 3.05) is 13.2 Å². The highest BCUT2D eigenvalue weighted by molar-refractivity contribution is 14.0. The van der Waals surface area contributed by atoms with Crippen LogP contribution in [-0.4, -0.2) is 19.1 Å². The summed E-state index contributed by atoms with van der Waals surface area (Å²) in [6, 6.07) is 18.9. The summed E-state index contributed by atoms with van der Waals surface area (Å²) in [7, 11) is 0. The molecule has 1 atom stereocenters. The summed E-state index contributed by atoms with van der Waals surface area (Å²) in [6.45, 7) is 9.04. The molecule has 0 aliphatic heterocycles. The largest absolute Gasteiger partial charge is 0.377 e. The van der Waals surface area contributed by atoms with Crippen LogP contribution in [0.25, 0.3) is 0 Å². The Morgan fingerprint density at radius 3 is 2.31 bits per heavy atom. The third-order valence-corrected chi connectivity index (χ3v) is 3.98. The van der Waals surface area contributed by atoms with E-state index < -0.39 is 0 Å². The van der Waals surface area contributed by atoms with Gasteiger partial charge in [-0.3, -0.25) is 0 Å². The van der Waals surface area contributed by atoms with E-state index in [9.17, 15) is 0 Å². The first kappa shape index (κ1) is 22.4. The van der Waals surface area contributed by atoms with Gasteiger partial charge in [0, 0.05) is 13.2 Å². The number of halogens is 1. The van der Waals surface area contributed by atoms with Crippen molar-refractivity contribution in [3.05, 3.63) is 71.3 Å². The third-order valence-electron chi connectivity index (χ3n) is 3.98. The Morgan fingerprint density at radius 1 is 1.00 bits per heavy atom. The van der Waals surface area contributed by atoms with Gasteiger partial charge in [-0.2, -0.15) is 0 Å². The Bertz CT molecular complexity index is 661. The van der Waals surface area contributed by atoms with Gasteiger partial charge in [0.1, 0.15) is 0 Å². The fourth-order valence-corrected chi connectivity index (χ4v) is 2.58. The topological polar surface area (TPSA) is 45.7 Å². The Kier molecular flexibility index (Phi) is 11.0. The SMILES string of the molecule is CCNC(=NCc1ccccc1COCC)NC(C)c1ccccc1.I. The zero-order valence-electron chi connectivity index (χ0n) is 15.9. The van der Waals surface area contributed by atoms with Crippen LogP contribution in [0.2, 0.25) is 0 Å². The summed E-state index contributed by atoms with van der Waals surface area (Å²) >= 11 is 0. The number of benzene rings is 2. The van der Waals surface area contributed by atoms with Gasteiger partial charge in [0.2, 0.25) is 0 Å². The number of ether oxygens (including phenoxy) is 1. The molecule has 0 aromatic heterocycles. The van der Waals surface area contributed by atoms with E-state index >= 15 is 0 Å². The molecule has 0 fully saturated rings. The molecule has 2 rings (SSSR count). The molecular formula is C21H30IN3O. The molecule has 5 heteroatoms. The highest BCUT2D eigenvalue weighted by Gasteiger charge is 2.08. The van der Waals surface area contributed by atoms with Crippen LogP contribution < -0.4 is 10.6 Å². The maximum Gasteiger partial charge on any atom is 0.192 e. The molecule has 142 valence electrons. The molecule has 0 amide bonds. The van der Waals surface area contributed by atoms with E-state index in [1.807, 2.05) is 25.1 Å². The zero-order chi connectivity index (χ0) is 17.9. The maximum absolute atomic E-state index is 5.56. The van der Waals surface area contributed by atoms with Crippen molar-refractivity contribution in [3.8, 4) is 0 Å². The predicted octanol–water partition coefficient (Wildman–Crippen LogP) is 4.66. The summed E-state index contributed by atoms with van der Waals surface area (Å²) in [5.41, 5.74) is 3.63. The molecule has 0 spiro atoms. The lowest BCUT2D eigenvalue weighted by molar-refractivity contribution is 0.133. The minimum Gasteiger partial charge on any atom is -0.377 e. The Morgan fingerprint density at radius 2 is 1.65 bits per heavy atom. The van der Waals surface area contributed by atoms with Crippen molar-refractivity contribution in [2.24, 2.45) is 4.99 Å². The molecule has 0 heterocycles. The van der Waals surface area contributed by atoms with E-state index in [2.05, 4.69) is 60.9 Å². The molecule has 0 aliphatic carbocycles. The van der Waals surface area contributed by atoms with Gasteiger partial charge in [-0.25, -0.2) is 4.99 Å². The summed E-state index contributed by atoms with van der Waals surface area (Å²) in [5.74, 6) is 0.824. The number of hydrogen-bond acceptors (Lipinski definition) is 2. The van der Waals surface area contributed by atoms with Crippen molar-refractivity contribution >= 4 is 29.9 Å². The predicted molar refractivity (Wildman–Crippen MR) is 120 cm³/mol. The van der Waals surface area contributed by atoms with Crippen LogP contribution in [0.3, 0.4) is 0 Å². The fraction of sp³-hybridized carbons (Fsp3) is 0.381. The van der Waals surface area contributed by atoms with E-state index in [4.69, 9.17) is 9.73 Å². The molecule has 0 radical (unpaired) electrons. The average Bonchev–Trinajstić information content (AvgIpc) is 2.66. The van der Waals surface area contributed by atoms with Crippen LogP contribution in [0.15, 0.2) is 59.6 Å². The summed E-state index contributed by atoms with van der Waals surface area (Å²) < 4.78 is 5.56. The van der Waals surface area contributed by atoms with Crippen LogP contribution in [0, 0.1) is 0 Å². The van der Waals surface area contributed by atoms with Crippen LogP contribution in [0.4, 0.5) is 0 Å². The summed E-state index contributed by atoms with van der Waals surface area (Å²) in [6.07, 6.45) is 0. The quantitative estimate of drug-likeness (QED) is 0.337. The number of hydrogen-bond donors (Lipinski definition) is 2. The Balaban J connectivity index is 0.00000338. The molecule has 2 aromatic rings. The molecule has 0 aliphatic rings. The van der Waals surface area contributed by atoms with Gasteiger partial charge in [-0.15, -0.1) is 24.0 Å². The molecule has 0 bridgehead atoms. The highest BCUT2D eigenvalue weighted by Crippen LogP contribution is 2.13. The number of nitrogens with one attached hydrogen (secondary N) is 2. The van der Waals surface area contributed by atoms with Crippen LogP contribution in [-0.2, 0) is 17.9 Å². The number of guanidine groups is 1. The third kappa shape index (κ3) is 7.33. The van der Waals surface area contributed by atoms with Gasteiger partial charge < -0.3 is 15.4 Å². The van der Waals surface area contributed by atoms with Crippen molar-refractivity contribution in [1.82, 2.24) is 10.6 Å². The van der Waals surface area contributed by atoms with E-state index in [0.717, 1.165) is 19.1 Å². The first-order chi connectivity index (χ1) is 12.2. The standard InChI is InChI=1S/C21H29N3O.HI/c1-4-22-21(24-17(3)18-11-7-6-8-12-18)23-15-19-13-9-10-14-20(19)16-25-5-2;/h6-14,17H,4-5,15-16H2,1-3H3,(H2,22,23,24);1H. The van der Waals surface area contributed by atoms with Crippen molar-refractivity contribution < 1.29 is 4.74 Å². The minimum atomic E-state index is 0. The van der Waals surface area contributed by atoms with Crippen LogP contribution in [0.5, 0.6) is 0 Å². The molecule has 0 saturated carbocycles. The monoisotopic (exact) mass is 467 g/mol. The van der Waals surface area contributed by atoms with Gasteiger partial charge in [-0.05, 0) is 37.5 Å². The normalized spacial score (nSPS) is 12.2. The average molecular weight is 467 g/mol. The van der Waals surface area contributed by atoms with Crippen molar-refractivity contribution in [3.63, 3.8) is 0 Å². The van der Waals surface area contributed by atoms with E-state index in [1.165, 1.54) is 16.7 Å². The number of aliphatic imine (C=N–C) groups is 1. The Labute approximate surface area is 174 Å². The van der Waals surface area contributed by atoms with Gasteiger partial charge in [0.25, 0.3) is 0 Å². The van der Waals surface area contributed by atoms with Crippen molar-refractivity contribution in [1.29, 1.82) is 0 Å². The van der Waals surface area contributed by atoms with Crippen LogP contribution in [0.1, 0.15) is 43.5 Å². The van der Waals surface area contributed by atoms with Gasteiger partial charge in [-0.1, -0.05) is 54.6 Å². The molecule has 26 heavy (non-hydrogen) atoms. The maximum atomic E-state index is 5.56. The lowest BCUT2D eigenvalue weighted by Crippen LogP contribution is -2.38. The first-order valence-corrected chi connectivity index (χ1v) is 8.98. The minimum absolute atomic E-state index is 0. The lowest BCUT2D eigenvalue weighted by Gasteiger charge is -2.18. The number of rotatable bonds is 8. The molecular weight excluding hydrogens is 437 g/mol. The second-order valence-electron chi connectivity index (χ2n) is 5.88. The second kappa shape index (κ2) is 12.7. The lowest BCUT2D eigenvalue weighted by atomic mass is 10.1. The molecule has 2 N–H and O–H groups in total. The van der Waals surface area contributed by atoms with E-state index in [-0.39, 0.29) is 30.0 Å². The van der Waals surface area contributed by atoms with Gasteiger partial charge >= 0.3 is 0 Å². The molecule has 4 nitrogen and oxygen atoms in total.